The summed E-state index contributed by atoms with van der Waals surface area (Å²) in [7, 11) is 5.44. The smallest absolute Gasteiger partial charge is 0.412 e. The minimum Gasteiger partial charge on any atom is -0.496 e. The molecule has 6 nitrogen and oxygen atoms in total. The molecule has 0 saturated carbocycles. The van der Waals surface area contributed by atoms with E-state index in [1.807, 2.05) is 0 Å². The number of hydrogen-bond donors (Lipinski definition) is 1. The predicted molar refractivity (Wildman–Crippen MR) is 104 cm³/mol. The van der Waals surface area contributed by atoms with E-state index in [0.717, 1.165) is 5.56 Å². The van der Waals surface area contributed by atoms with E-state index in [4.69, 9.17) is 18.9 Å². The van der Waals surface area contributed by atoms with Crippen molar-refractivity contribution < 1.29 is 36.9 Å². The molecule has 164 valence electrons. The Morgan fingerprint density at radius 2 is 1.50 bits per heavy atom. The zero-order chi connectivity index (χ0) is 22.3. The molecule has 1 N–H and O–H groups in total. The zero-order valence-corrected chi connectivity index (χ0v) is 17.1. The van der Waals surface area contributed by atoms with Gasteiger partial charge in [0, 0.05) is 6.42 Å². The fraction of sp³-hybridized carbons (Fsp3) is 0.381. The lowest BCUT2D eigenvalue weighted by molar-refractivity contribution is -0.163. The van der Waals surface area contributed by atoms with Crippen LogP contribution in [0.3, 0.4) is 0 Å². The van der Waals surface area contributed by atoms with Crippen molar-refractivity contribution in [1.29, 1.82) is 0 Å². The first-order valence-corrected chi connectivity index (χ1v) is 9.03. The number of nitrogens with one attached hydrogen (secondary N) is 1. The van der Waals surface area contributed by atoms with Crippen molar-refractivity contribution in [2.75, 3.05) is 28.4 Å². The Hall–Kier alpha value is -3.10. The third kappa shape index (κ3) is 5.49. The summed E-state index contributed by atoms with van der Waals surface area (Å²) in [5.74, 6) is 0.0974. The molecule has 0 spiro atoms. The largest absolute Gasteiger partial charge is 0.496 e. The monoisotopic (exact) mass is 427 g/mol. The van der Waals surface area contributed by atoms with Gasteiger partial charge in [-0.15, -0.1) is 0 Å². The van der Waals surface area contributed by atoms with E-state index in [1.165, 1.54) is 40.6 Å². The number of carbonyl (C=O) groups is 1. The van der Waals surface area contributed by atoms with Gasteiger partial charge < -0.3 is 24.3 Å². The third-order valence-corrected chi connectivity index (χ3v) is 4.47. The number of halogens is 3. The van der Waals surface area contributed by atoms with Gasteiger partial charge in [0.05, 0.1) is 28.4 Å². The normalized spacial score (nSPS) is 12.1. The van der Waals surface area contributed by atoms with Crippen LogP contribution in [0.15, 0.2) is 36.4 Å². The first-order valence-electron chi connectivity index (χ1n) is 9.03. The molecule has 1 amide bonds. The van der Waals surface area contributed by atoms with Crippen LogP contribution >= 0.6 is 0 Å². The molecule has 2 aromatic rings. The summed E-state index contributed by atoms with van der Waals surface area (Å²) in [6.07, 6.45) is -4.64. The number of aryl methyl sites for hydroxylation is 1. The summed E-state index contributed by atoms with van der Waals surface area (Å²) in [6, 6.07) is 7.11. The highest BCUT2D eigenvalue weighted by atomic mass is 19.4. The Kier molecular flexibility index (Phi) is 7.79. The second kappa shape index (κ2) is 10.1. The number of hydrogen-bond acceptors (Lipinski definition) is 5. The molecule has 9 heteroatoms. The van der Waals surface area contributed by atoms with E-state index in [1.54, 1.807) is 24.3 Å². The first-order chi connectivity index (χ1) is 14.2. The summed E-state index contributed by atoms with van der Waals surface area (Å²) >= 11 is 0. The minimum absolute atomic E-state index is 0.0596. The number of para-hydroxylation sites is 1. The van der Waals surface area contributed by atoms with Gasteiger partial charge in [-0.2, -0.15) is 13.2 Å². The fourth-order valence-electron chi connectivity index (χ4n) is 3.01. The van der Waals surface area contributed by atoms with Crippen molar-refractivity contribution in [3.63, 3.8) is 0 Å². The second-order valence-corrected chi connectivity index (χ2v) is 6.31. The summed E-state index contributed by atoms with van der Waals surface area (Å²) < 4.78 is 61.8. The van der Waals surface area contributed by atoms with Crippen LogP contribution in [0.2, 0.25) is 0 Å². The van der Waals surface area contributed by atoms with Crippen LogP contribution < -0.4 is 24.3 Å². The van der Waals surface area contributed by atoms with Crippen molar-refractivity contribution in [2.24, 2.45) is 0 Å². The quantitative estimate of drug-likeness (QED) is 0.654. The maximum absolute atomic E-state index is 13.8. The maximum Gasteiger partial charge on any atom is 0.412 e. The molecule has 0 radical (unpaired) electrons. The molecule has 0 fully saturated rings. The molecule has 1 atom stereocenters. The van der Waals surface area contributed by atoms with Crippen LogP contribution in [-0.4, -0.2) is 40.5 Å². The number of carbonyl (C=O) groups excluding carboxylic acids is 1. The van der Waals surface area contributed by atoms with Crippen molar-refractivity contribution in [2.45, 2.75) is 25.1 Å². The van der Waals surface area contributed by atoms with Gasteiger partial charge in [-0.25, -0.2) is 0 Å². The van der Waals surface area contributed by atoms with Crippen molar-refractivity contribution >= 4 is 5.91 Å². The summed E-state index contributed by atoms with van der Waals surface area (Å²) in [6.45, 7) is 0. The molecule has 2 aromatic carbocycles. The number of rotatable bonds is 9. The molecule has 0 aliphatic heterocycles. The van der Waals surface area contributed by atoms with Crippen LogP contribution in [0.4, 0.5) is 13.2 Å². The molecular weight excluding hydrogens is 403 g/mol. The standard InChI is InChI=1S/C21H24F3NO5/c1-27-15-8-6-5-7-13(15)9-10-18(26)25-20(21(22,23)24)14-11-16(28-2)19(30-4)17(12-14)29-3/h5-8,11-12,20H,9-10H2,1-4H3,(H,25,26)/t20-/m0/s1. The van der Waals surface area contributed by atoms with E-state index < -0.39 is 18.1 Å². The number of ether oxygens (including phenoxy) is 4. The Bertz CT molecular complexity index is 845. The molecular formula is C21H24F3NO5. The summed E-state index contributed by atoms with van der Waals surface area (Å²) in [5.41, 5.74) is 0.495. The van der Waals surface area contributed by atoms with E-state index in [2.05, 4.69) is 5.32 Å². The molecule has 0 aliphatic carbocycles. The first kappa shape index (κ1) is 23.2. The Balaban J connectivity index is 2.25. The number of methoxy groups -OCH3 is 4. The van der Waals surface area contributed by atoms with Crippen LogP contribution in [0.1, 0.15) is 23.6 Å². The fourth-order valence-corrected chi connectivity index (χ4v) is 3.01. The molecule has 0 aliphatic rings. The average Bonchev–Trinajstić information content (AvgIpc) is 2.74. The molecule has 0 aromatic heterocycles. The number of alkyl halides is 3. The Morgan fingerprint density at radius 1 is 0.933 bits per heavy atom. The number of benzene rings is 2. The van der Waals surface area contributed by atoms with E-state index >= 15 is 0 Å². The molecule has 30 heavy (non-hydrogen) atoms. The lowest BCUT2D eigenvalue weighted by atomic mass is 10.0. The predicted octanol–water partition coefficient (Wildman–Crippen LogP) is 4.07. The highest BCUT2D eigenvalue weighted by Crippen LogP contribution is 2.43. The Morgan fingerprint density at radius 3 is 2.00 bits per heavy atom. The summed E-state index contributed by atoms with van der Waals surface area (Å²) in [5, 5.41) is 2.06. The average molecular weight is 427 g/mol. The maximum atomic E-state index is 13.8. The van der Waals surface area contributed by atoms with E-state index in [-0.39, 0.29) is 35.7 Å². The van der Waals surface area contributed by atoms with Gasteiger partial charge in [-0.05, 0) is 35.7 Å². The van der Waals surface area contributed by atoms with Gasteiger partial charge in [-0.3, -0.25) is 4.79 Å². The third-order valence-electron chi connectivity index (χ3n) is 4.47. The SMILES string of the molecule is COc1ccccc1CCC(=O)N[C@@H](c1cc(OC)c(OC)c(OC)c1)C(F)(F)F. The lowest BCUT2D eigenvalue weighted by Crippen LogP contribution is -2.38. The zero-order valence-electron chi connectivity index (χ0n) is 17.1. The van der Waals surface area contributed by atoms with Gasteiger partial charge in [0.1, 0.15) is 5.75 Å². The highest BCUT2D eigenvalue weighted by Gasteiger charge is 2.42. The minimum atomic E-state index is -4.73. The van der Waals surface area contributed by atoms with Crippen molar-refractivity contribution in [3.05, 3.63) is 47.5 Å². The van der Waals surface area contributed by atoms with Gasteiger partial charge in [0.15, 0.2) is 17.5 Å². The van der Waals surface area contributed by atoms with Gasteiger partial charge in [0.25, 0.3) is 0 Å². The van der Waals surface area contributed by atoms with Crippen LogP contribution in [0.25, 0.3) is 0 Å². The van der Waals surface area contributed by atoms with Crippen molar-refractivity contribution in [3.8, 4) is 23.0 Å². The second-order valence-electron chi connectivity index (χ2n) is 6.31. The number of amides is 1. The highest BCUT2D eigenvalue weighted by molar-refractivity contribution is 5.77. The molecule has 2 rings (SSSR count). The lowest BCUT2D eigenvalue weighted by Gasteiger charge is -2.24. The van der Waals surface area contributed by atoms with Gasteiger partial charge in [-0.1, -0.05) is 18.2 Å². The van der Waals surface area contributed by atoms with Gasteiger partial charge >= 0.3 is 6.18 Å². The Labute approximate surface area is 172 Å². The van der Waals surface area contributed by atoms with Crippen LogP contribution in [0.5, 0.6) is 23.0 Å². The molecule has 0 bridgehead atoms. The van der Waals surface area contributed by atoms with Crippen LogP contribution in [-0.2, 0) is 11.2 Å². The topological polar surface area (TPSA) is 66.0 Å². The molecule has 0 unspecified atom stereocenters. The van der Waals surface area contributed by atoms with Crippen LogP contribution in [0, 0.1) is 0 Å². The summed E-state index contributed by atoms with van der Waals surface area (Å²) in [4.78, 5) is 12.3. The molecule has 0 saturated heterocycles. The van der Waals surface area contributed by atoms with Crippen molar-refractivity contribution in [1.82, 2.24) is 5.32 Å². The van der Waals surface area contributed by atoms with E-state index in [9.17, 15) is 18.0 Å². The van der Waals surface area contributed by atoms with E-state index in [0.29, 0.717) is 5.75 Å². The molecule has 0 heterocycles. The van der Waals surface area contributed by atoms with Gasteiger partial charge in [0.2, 0.25) is 11.7 Å².